The first-order valence-corrected chi connectivity index (χ1v) is 9.61. The van der Waals surface area contributed by atoms with Crippen LogP contribution < -0.4 is 0 Å². The molecule has 0 fully saturated rings. The monoisotopic (exact) mass is 346 g/mol. The van der Waals surface area contributed by atoms with Crippen LogP contribution in [0.4, 0.5) is 0 Å². The van der Waals surface area contributed by atoms with E-state index >= 15 is 0 Å². The average molecular weight is 346 g/mol. The molecule has 2 heteroatoms. The Bertz CT molecular complexity index is 427. The summed E-state index contributed by atoms with van der Waals surface area (Å²) in [5, 5.41) is 0. The highest BCUT2D eigenvalue weighted by Crippen LogP contribution is 2.06. The molecule has 0 bridgehead atoms. The Labute approximate surface area is 152 Å². The summed E-state index contributed by atoms with van der Waals surface area (Å²) in [5.74, 6) is 0. The van der Waals surface area contributed by atoms with Crippen LogP contribution >= 0.6 is 9.47 Å². The molecule has 134 valence electrons. The zero-order valence-corrected chi connectivity index (χ0v) is 16.6. The van der Waals surface area contributed by atoms with E-state index in [1.54, 1.807) is 0 Å². The molecular formula is C22H35OP. The van der Waals surface area contributed by atoms with E-state index in [1.807, 2.05) is 0 Å². The largest absolute Gasteiger partial charge is 0.358 e. The molecule has 0 saturated carbocycles. The minimum Gasteiger partial charge on any atom is -0.358 e. The smallest absolute Gasteiger partial charge is 0.0828 e. The van der Waals surface area contributed by atoms with E-state index in [2.05, 4.69) is 96.2 Å². The molecule has 0 aromatic carbocycles. The molecule has 0 aromatic heterocycles. The Balaban J connectivity index is 3.77. The molecule has 24 heavy (non-hydrogen) atoms. The van der Waals surface area contributed by atoms with Gasteiger partial charge in [0, 0.05) is 9.47 Å². The predicted molar refractivity (Wildman–Crippen MR) is 113 cm³/mol. The van der Waals surface area contributed by atoms with Crippen molar-refractivity contribution in [1.29, 1.82) is 0 Å². The summed E-state index contributed by atoms with van der Waals surface area (Å²) < 4.78 is 5.33. The van der Waals surface area contributed by atoms with Crippen LogP contribution in [0.5, 0.6) is 0 Å². The highest BCUT2D eigenvalue weighted by molar-refractivity contribution is 7.09. The van der Waals surface area contributed by atoms with Gasteiger partial charge < -0.3 is 4.52 Å². The van der Waals surface area contributed by atoms with Crippen molar-refractivity contribution in [3.63, 3.8) is 0 Å². The third kappa shape index (κ3) is 17.2. The van der Waals surface area contributed by atoms with Gasteiger partial charge in [-0.05, 0) is 38.5 Å². The van der Waals surface area contributed by atoms with Crippen LogP contribution in [0, 0.1) is 0 Å². The summed E-state index contributed by atoms with van der Waals surface area (Å²) in [6.45, 7) is 4.34. The van der Waals surface area contributed by atoms with Gasteiger partial charge >= 0.3 is 0 Å². The van der Waals surface area contributed by atoms with Crippen molar-refractivity contribution in [2.45, 2.75) is 64.9 Å². The van der Waals surface area contributed by atoms with Crippen LogP contribution in [-0.4, -0.2) is 6.10 Å². The third-order valence-electron chi connectivity index (χ3n) is 3.29. The highest BCUT2D eigenvalue weighted by Gasteiger charge is 1.97. The summed E-state index contributed by atoms with van der Waals surface area (Å²) in [6.07, 6.45) is 33.7. The minimum atomic E-state index is 0.134. The molecule has 0 aliphatic carbocycles. The van der Waals surface area contributed by atoms with E-state index < -0.39 is 0 Å². The zero-order chi connectivity index (χ0) is 17.7. The third-order valence-corrected chi connectivity index (χ3v) is 3.64. The first-order valence-electron chi connectivity index (χ1n) is 9.13. The van der Waals surface area contributed by atoms with E-state index in [-0.39, 0.29) is 6.10 Å². The van der Waals surface area contributed by atoms with Gasteiger partial charge in [0.1, 0.15) is 0 Å². The van der Waals surface area contributed by atoms with E-state index in [0.717, 1.165) is 32.1 Å². The van der Waals surface area contributed by atoms with Gasteiger partial charge in [-0.2, -0.15) is 0 Å². The lowest BCUT2D eigenvalue weighted by atomic mass is 10.2. The SMILES string of the molecule is CC/C=C\C[C@@H](/C=C/C=C\C/C=C\C/C=C\C/C=C\CCC)OP. The first-order chi connectivity index (χ1) is 11.8. The molecule has 1 nitrogen and oxygen atoms in total. The van der Waals surface area contributed by atoms with Crippen molar-refractivity contribution in [2.75, 3.05) is 0 Å². The lowest BCUT2D eigenvalue weighted by molar-refractivity contribution is 0.298. The van der Waals surface area contributed by atoms with Crippen molar-refractivity contribution in [3.05, 3.63) is 72.9 Å². The fourth-order valence-electron chi connectivity index (χ4n) is 1.92. The summed E-state index contributed by atoms with van der Waals surface area (Å²) >= 11 is 0. The molecule has 0 aliphatic rings. The van der Waals surface area contributed by atoms with Crippen molar-refractivity contribution >= 4 is 9.47 Å². The van der Waals surface area contributed by atoms with Crippen molar-refractivity contribution < 1.29 is 4.52 Å². The number of rotatable bonds is 14. The number of unbranched alkanes of at least 4 members (excludes halogenated alkanes) is 1. The molecular weight excluding hydrogens is 311 g/mol. The minimum absolute atomic E-state index is 0.134. The topological polar surface area (TPSA) is 9.23 Å². The maximum atomic E-state index is 5.33. The molecule has 0 radical (unpaired) electrons. The van der Waals surface area contributed by atoms with Crippen LogP contribution in [-0.2, 0) is 4.52 Å². The van der Waals surface area contributed by atoms with Crippen LogP contribution in [0.1, 0.15) is 58.8 Å². The maximum Gasteiger partial charge on any atom is 0.0828 e. The molecule has 0 heterocycles. The Morgan fingerprint density at radius 3 is 1.96 bits per heavy atom. The Morgan fingerprint density at radius 1 is 0.750 bits per heavy atom. The summed E-state index contributed by atoms with van der Waals surface area (Å²) in [7, 11) is 2.34. The fraction of sp³-hybridized carbons (Fsp3) is 0.455. The number of hydrogen-bond acceptors (Lipinski definition) is 1. The van der Waals surface area contributed by atoms with Crippen LogP contribution in [0.15, 0.2) is 72.9 Å². The normalized spacial score (nSPS) is 14.6. The molecule has 0 amide bonds. The molecule has 2 atom stereocenters. The second-order valence-electron chi connectivity index (χ2n) is 5.51. The van der Waals surface area contributed by atoms with Gasteiger partial charge in [0.15, 0.2) is 0 Å². The quantitative estimate of drug-likeness (QED) is 0.182. The highest BCUT2D eigenvalue weighted by atomic mass is 31.0. The Morgan fingerprint density at radius 2 is 1.38 bits per heavy atom. The zero-order valence-electron chi connectivity index (χ0n) is 15.4. The summed E-state index contributed by atoms with van der Waals surface area (Å²) in [4.78, 5) is 0. The van der Waals surface area contributed by atoms with Crippen LogP contribution in [0.25, 0.3) is 0 Å². The van der Waals surface area contributed by atoms with E-state index in [4.69, 9.17) is 4.52 Å². The summed E-state index contributed by atoms with van der Waals surface area (Å²) in [6, 6.07) is 0. The molecule has 0 aromatic rings. The van der Waals surface area contributed by atoms with E-state index in [0.29, 0.717) is 0 Å². The Kier molecular flexibility index (Phi) is 18.9. The van der Waals surface area contributed by atoms with Gasteiger partial charge in [0.05, 0.1) is 6.10 Å². The van der Waals surface area contributed by atoms with Gasteiger partial charge in [0.25, 0.3) is 0 Å². The van der Waals surface area contributed by atoms with Gasteiger partial charge in [-0.1, -0.05) is 93.2 Å². The van der Waals surface area contributed by atoms with Crippen molar-refractivity contribution in [3.8, 4) is 0 Å². The summed E-state index contributed by atoms with van der Waals surface area (Å²) in [5.41, 5.74) is 0. The van der Waals surface area contributed by atoms with Crippen molar-refractivity contribution in [2.24, 2.45) is 0 Å². The molecule has 0 saturated heterocycles. The lowest BCUT2D eigenvalue weighted by Crippen LogP contribution is -2.00. The van der Waals surface area contributed by atoms with E-state index in [1.165, 1.54) is 12.8 Å². The van der Waals surface area contributed by atoms with Gasteiger partial charge in [-0.25, -0.2) is 0 Å². The van der Waals surface area contributed by atoms with Gasteiger partial charge in [-0.3, -0.25) is 0 Å². The average Bonchev–Trinajstić information content (AvgIpc) is 2.60. The fourth-order valence-corrected chi connectivity index (χ4v) is 2.12. The van der Waals surface area contributed by atoms with Gasteiger partial charge in [0.2, 0.25) is 0 Å². The van der Waals surface area contributed by atoms with Gasteiger partial charge in [-0.15, -0.1) is 0 Å². The molecule has 0 spiro atoms. The molecule has 1 unspecified atom stereocenters. The first kappa shape index (κ1) is 22.8. The molecule has 0 rings (SSSR count). The van der Waals surface area contributed by atoms with Crippen molar-refractivity contribution in [1.82, 2.24) is 0 Å². The number of allylic oxidation sites excluding steroid dienone is 10. The molecule has 0 N–H and O–H groups in total. The second-order valence-corrected chi connectivity index (χ2v) is 5.79. The lowest BCUT2D eigenvalue weighted by Gasteiger charge is -2.06. The van der Waals surface area contributed by atoms with Crippen LogP contribution in [0.2, 0.25) is 0 Å². The Hall–Kier alpha value is -1.17. The predicted octanol–water partition coefficient (Wildman–Crippen LogP) is 7.27. The molecule has 0 aliphatic heterocycles. The number of hydrogen-bond donors (Lipinski definition) is 0. The van der Waals surface area contributed by atoms with Crippen LogP contribution in [0.3, 0.4) is 0 Å². The maximum absolute atomic E-state index is 5.33. The van der Waals surface area contributed by atoms with E-state index in [9.17, 15) is 0 Å². The standard InChI is InChI=1S/C22H35OP/c1-3-5-7-8-9-10-11-12-13-14-15-16-17-19-21-22(23-24)20-18-6-4-2/h6-8,10-11,13-14,16-19,21-22H,3-5,9,12,15,20,24H2,1-2H3/b8-7-,11-10-,14-13-,17-16-,18-6-,21-19+/t22-/m0/s1. The second kappa shape index (κ2) is 19.9.